The lowest BCUT2D eigenvalue weighted by Crippen LogP contribution is -2.57. The predicted octanol–water partition coefficient (Wildman–Crippen LogP) is 4.14. The monoisotopic (exact) mass is 292 g/mol. The van der Waals surface area contributed by atoms with Gasteiger partial charge in [-0.2, -0.15) is 0 Å². The first kappa shape index (κ1) is 14.0. The molecule has 2 aliphatic rings. The molecule has 0 radical (unpaired) electrons. The van der Waals surface area contributed by atoms with Gasteiger partial charge in [-0.3, -0.25) is 4.98 Å². The van der Waals surface area contributed by atoms with Gasteiger partial charge in [0.2, 0.25) is 0 Å². The van der Waals surface area contributed by atoms with Crippen molar-refractivity contribution in [3.63, 3.8) is 0 Å². The standard InChI is InChI=1S/C20H24N2/c1-2-6-16(7-3-1)19-17-8-4-5-9-18(17)20(19)22-14-15-10-12-21-13-11-15/h1-3,6-7,10-13,17-20,22H,4-5,8-9,14H2/t17-,18+,19-,20-/m0/s1. The van der Waals surface area contributed by atoms with Gasteiger partial charge in [-0.15, -0.1) is 0 Å². The third kappa shape index (κ3) is 2.56. The number of rotatable bonds is 4. The van der Waals surface area contributed by atoms with Gasteiger partial charge in [-0.05, 0) is 47.9 Å². The fourth-order valence-electron chi connectivity index (χ4n) is 4.61. The van der Waals surface area contributed by atoms with Crippen LogP contribution in [-0.2, 0) is 6.54 Å². The highest BCUT2D eigenvalue weighted by molar-refractivity contribution is 5.28. The smallest absolute Gasteiger partial charge is 0.0271 e. The van der Waals surface area contributed by atoms with E-state index in [4.69, 9.17) is 0 Å². The Balaban J connectivity index is 1.50. The number of nitrogens with one attached hydrogen (secondary N) is 1. The van der Waals surface area contributed by atoms with Crippen LogP contribution >= 0.6 is 0 Å². The van der Waals surface area contributed by atoms with Crippen LogP contribution in [0.1, 0.15) is 42.7 Å². The van der Waals surface area contributed by atoms with Gasteiger partial charge in [-0.1, -0.05) is 43.2 Å². The van der Waals surface area contributed by atoms with Crippen LogP contribution in [0.4, 0.5) is 0 Å². The predicted molar refractivity (Wildman–Crippen MR) is 89.5 cm³/mol. The number of hydrogen-bond donors (Lipinski definition) is 1. The molecule has 2 saturated carbocycles. The molecule has 4 rings (SSSR count). The largest absolute Gasteiger partial charge is 0.309 e. The van der Waals surface area contributed by atoms with Crippen molar-refractivity contribution in [2.45, 2.75) is 44.2 Å². The fourth-order valence-corrected chi connectivity index (χ4v) is 4.61. The van der Waals surface area contributed by atoms with E-state index in [0.717, 1.165) is 18.4 Å². The molecule has 2 aromatic rings. The van der Waals surface area contributed by atoms with E-state index in [-0.39, 0.29) is 0 Å². The van der Waals surface area contributed by atoms with Gasteiger partial charge >= 0.3 is 0 Å². The Morgan fingerprint density at radius 2 is 1.64 bits per heavy atom. The van der Waals surface area contributed by atoms with Crippen molar-refractivity contribution in [3.8, 4) is 0 Å². The Morgan fingerprint density at radius 3 is 2.41 bits per heavy atom. The minimum Gasteiger partial charge on any atom is -0.309 e. The van der Waals surface area contributed by atoms with Crippen molar-refractivity contribution in [1.29, 1.82) is 0 Å². The van der Waals surface area contributed by atoms with E-state index in [1.54, 1.807) is 0 Å². The van der Waals surface area contributed by atoms with Crippen molar-refractivity contribution in [2.24, 2.45) is 11.8 Å². The molecule has 2 nitrogen and oxygen atoms in total. The summed E-state index contributed by atoms with van der Waals surface area (Å²) < 4.78 is 0. The summed E-state index contributed by atoms with van der Waals surface area (Å²) in [5, 5.41) is 3.86. The summed E-state index contributed by atoms with van der Waals surface area (Å²) in [7, 11) is 0. The molecule has 0 unspecified atom stereocenters. The summed E-state index contributed by atoms with van der Waals surface area (Å²) in [5.74, 6) is 2.47. The van der Waals surface area contributed by atoms with Gasteiger partial charge < -0.3 is 5.32 Å². The topological polar surface area (TPSA) is 24.9 Å². The number of aromatic nitrogens is 1. The van der Waals surface area contributed by atoms with Gasteiger partial charge in [-0.25, -0.2) is 0 Å². The lowest BCUT2D eigenvalue weighted by Gasteiger charge is -2.55. The first-order chi connectivity index (χ1) is 10.9. The molecule has 114 valence electrons. The van der Waals surface area contributed by atoms with E-state index in [1.807, 2.05) is 12.4 Å². The SMILES string of the molecule is c1ccc([C@H]2[C@H]3CCCC[C@H]3[C@@H]2NCc2ccncc2)cc1. The zero-order valence-electron chi connectivity index (χ0n) is 13.0. The van der Waals surface area contributed by atoms with Crippen LogP contribution in [0, 0.1) is 11.8 Å². The van der Waals surface area contributed by atoms with Crippen LogP contribution in [0.25, 0.3) is 0 Å². The Labute approximate surface area is 133 Å². The molecule has 1 aromatic carbocycles. The molecule has 2 heteroatoms. The second-order valence-electron chi connectivity index (χ2n) is 6.81. The highest BCUT2D eigenvalue weighted by Gasteiger charge is 2.50. The maximum absolute atomic E-state index is 4.11. The molecule has 22 heavy (non-hydrogen) atoms. The molecule has 1 heterocycles. The van der Waals surface area contributed by atoms with Crippen LogP contribution in [0.2, 0.25) is 0 Å². The summed E-state index contributed by atoms with van der Waals surface area (Å²) in [6.07, 6.45) is 9.42. The van der Waals surface area contributed by atoms with Gasteiger partial charge in [0.1, 0.15) is 0 Å². The number of benzene rings is 1. The lowest BCUT2D eigenvalue weighted by atomic mass is 9.53. The minimum atomic E-state index is 0.640. The summed E-state index contributed by atoms with van der Waals surface area (Å²) >= 11 is 0. The summed E-state index contributed by atoms with van der Waals surface area (Å²) in [6, 6.07) is 16.0. The van der Waals surface area contributed by atoms with Crippen molar-refractivity contribution in [2.75, 3.05) is 0 Å². The van der Waals surface area contributed by atoms with E-state index < -0.39 is 0 Å². The van der Waals surface area contributed by atoms with Crippen molar-refractivity contribution in [1.82, 2.24) is 10.3 Å². The number of fused-ring (bicyclic) bond motifs is 1. The van der Waals surface area contributed by atoms with E-state index in [0.29, 0.717) is 12.0 Å². The molecular formula is C20H24N2. The summed E-state index contributed by atoms with van der Waals surface area (Å²) in [6.45, 7) is 0.958. The normalized spacial score (nSPS) is 30.4. The zero-order valence-corrected chi connectivity index (χ0v) is 13.0. The lowest BCUT2D eigenvalue weighted by molar-refractivity contribution is 0.0254. The van der Waals surface area contributed by atoms with E-state index in [1.165, 1.54) is 36.8 Å². The molecule has 0 spiro atoms. The van der Waals surface area contributed by atoms with Crippen LogP contribution < -0.4 is 5.32 Å². The quantitative estimate of drug-likeness (QED) is 0.916. The molecule has 0 amide bonds. The van der Waals surface area contributed by atoms with Gasteiger partial charge in [0.25, 0.3) is 0 Å². The molecule has 2 fully saturated rings. The summed E-state index contributed by atoms with van der Waals surface area (Å²) in [4.78, 5) is 4.11. The van der Waals surface area contributed by atoms with Crippen molar-refractivity contribution >= 4 is 0 Å². The van der Waals surface area contributed by atoms with E-state index in [2.05, 4.69) is 52.8 Å². The molecule has 0 bridgehead atoms. The maximum atomic E-state index is 4.11. The molecule has 4 atom stereocenters. The average Bonchev–Trinajstić information content (AvgIpc) is 2.58. The second kappa shape index (κ2) is 6.21. The van der Waals surface area contributed by atoms with Crippen LogP contribution in [0.15, 0.2) is 54.9 Å². The van der Waals surface area contributed by atoms with Crippen LogP contribution in [0.5, 0.6) is 0 Å². The molecule has 1 aromatic heterocycles. The maximum Gasteiger partial charge on any atom is 0.0271 e. The van der Waals surface area contributed by atoms with Gasteiger partial charge in [0.05, 0.1) is 0 Å². The highest BCUT2D eigenvalue weighted by atomic mass is 15.0. The number of hydrogen-bond acceptors (Lipinski definition) is 2. The first-order valence-electron chi connectivity index (χ1n) is 8.61. The molecular weight excluding hydrogens is 268 g/mol. The Kier molecular flexibility index (Phi) is 3.94. The average molecular weight is 292 g/mol. The van der Waals surface area contributed by atoms with Gasteiger partial charge in [0, 0.05) is 30.9 Å². The molecule has 0 aliphatic heterocycles. The third-order valence-electron chi connectivity index (χ3n) is 5.66. The Hall–Kier alpha value is -1.67. The van der Waals surface area contributed by atoms with E-state index >= 15 is 0 Å². The molecule has 2 aliphatic carbocycles. The fraction of sp³-hybridized carbons (Fsp3) is 0.450. The van der Waals surface area contributed by atoms with E-state index in [9.17, 15) is 0 Å². The zero-order chi connectivity index (χ0) is 14.8. The van der Waals surface area contributed by atoms with Crippen LogP contribution in [-0.4, -0.2) is 11.0 Å². The summed E-state index contributed by atoms with van der Waals surface area (Å²) in [5.41, 5.74) is 2.86. The van der Waals surface area contributed by atoms with Crippen LogP contribution in [0.3, 0.4) is 0 Å². The van der Waals surface area contributed by atoms with Crippen molar-refractivity contribution in [3.05, 3.63) is 66.0 Å². The third-order valence-corrected chi connectivity index (χ3v) is 5.66. The minimum absolute atomic E-state index is 0.640. The Morgan fingerprint density at radius 1 is 0.909 bits per heavy atom. The van der Waals surface area contributed by atoms with Crippen molar-refractivity contribution < 1.29 is 0 Å². The highest BCUT2D eigenvalue weighted by Crippen LogP contribution is 2.54. The number of nitrogens with zero attached hydrogens (tertiary/aromatic N) is 1. The molecule has 1 N–H and O–H groups in total. The number of pyridine rings is 1. The Bertz CT molecular complexity index is 596. The molecule has 0 saturated heterocycles. The second-order valence-corrected chi connectivity index (χ2v) is 6.81. The first-order valence-corrected chi connectivity index (χ1v) is 8.61. The van der Waals surface area contributed by atoms with Gasteiger partial charge in [0.15, 0.2) is 0 Å².